The number of carbonyl (C=O) groups excluding carboxylic acids is 1. The quantitative estimate of drug-likeness (QED) is 0.779. The summed E-state index contributed by atoms with van der Waals surface area (Å²) in [4.78, 5) is 26.7. The molecule has 0 radical (unpaired) electrons. The van der Waals surface area contributed by atoms with E-state index in [1.165, 1.54) is 13.2 Å². The monoisotopic (exact) mass is 375 g/mol. The van der Waals surface area contributed by atoms with Crippen molar-refractivity contribution in [3.63, 3.8) is 0 Å². The first-order chi connectivity index (χ1) is 13.0. The minimum absolute atomic E-state index is 0.0108. The Balaban J connectivity index is 1.65. The maximum atomic E-state index is 13.6. The van der Waals surface area contributed by atoms with Gasteiger partial charge in [-0.3, -0.25) is 4.79 Å². The lowest BCUT2D eigenvalue weighted by Crippen LogP contribution is -2.25. The zero-order valence-electron chi connectivity index (χ0n) is 14.8. The second-order valence-electron chi connectivity index (χ2n) is 5.95. The van der Waals surface area contributed by atoms with Crippen molar-refractivity contribution in [1.82, 2.24) is 20.3 Å². The van der Waals surface area contributed by atoms with Gasteiger partial charge in [0.1, 0.15) is 11.6 Å². The van der Waals surface area contributed by atoms with E-state index in [9.17, 15) is 13.6 Å². The average Bonchev–Trinajstić information content (AvgIpc) is 3.21. The number of aromatic nitrogens is 3. The zero-order valence-corrected chi connectivity index (χ0v) is 14.8. The molecule has 1 amide bonds. The van der Waals surface area contributed by atoms with Gasteiger partial charge in [-0.25, -0.2) is 8.78 Å². The molecule has 7 nitrogen and oxygen atoms in total. The van der Waals surface area contributed by atoms with E-state index in [-0.39, 0.29) is 18.1 Å². The third-order valence-electron chi connectivity index (χ3n) is 4.01. The highest BCUT2D eigenvalue weighted by Crippen LogP contribution is 2.17. The molecule has 1 saturated heterocycles. The smallest absolute Gasteiger partial charge is 0.321 e. The fraction of sp³-hybridized carbons (Fsp3) is 0.333. The molecule has 2 aromatic rings. The molecule has 0 aliphatic carbocycles. The normalized spacial score (nSPS) is 14.0. The number of hydrogen-bond acceptors (Lipinski definition) is 6. The molecule has 1 N–H and O–H groups in total. The van der Waals surface area contributed by atoms with E-state index >= 15 is 0 Å². The number of rotatable bonds is 6. The standard InChI is InChI=1S/C18H19F2N5O2/c1-27-18-23-15(22-17(24-18)25-8-2-3-9-25)11-21-16(26)7-4-12-10-13(19)5-6-14(12)20/h4-7,10H,2-3,8-9,11H2,1H3,(H,21,26)/b7-4+. The van der Waals surface area contributed by atoms with E-state index in [0.717, 1.165) is 50.2 Å². The maximum absolute atomic E-state index is 13.6. The lowest BCUT2D eigenvalue weighted by Gasteiger charge is -2.16. The van der Waals surface area contributed by atoms with E-state index in [4.69, 9.17) is 4.74 Å². The van der Waals surface area contributed by atoms with Crippen molar-refractivity contribution < 1.29 is 18.3 Å². The highest BCUT2D eigenvalue weighted by atomic mass is 19.1. The van der Waals surface area contributed by atoms with Gasteiger partial charge >= 0.3 is 6.01 Å². The summed E-state index contributed by atoms with van der Waals surface area (Å²) in [6.45, 7) is 1.77. The van der Waals surface area contributed by atoms with Gasteiger partial charge in [-0.2, -0.15) is 15.0 Å². The number of amides is 1. The van der Waals surface area contributed by atoms with Crippen LogP contribution in [0.3, 0.4) is 0 Å². The molecule has 3 rings (SSSR count). The molecule has 1 fully saturated rings. The first-order valence-corrected chi connectivity index (χ1v) is 8.50. The van der Waals surface area contributed by atoms with Crippen LogP contribution in [0.4, 0.5) is 14.7 Å². The van der Waals surface area contributed by atoms with Crippen molar-refractivity contribution in [3.8, 4) is 6.01 Å². The lowest BCUT2D eigenvalue weighted by atomic mass is 10.2. The molecular formula is C18H19F2N5O2. The summed E-state index contributed by atoms with van der Waals surface area (Å²) in [7, 11) is 1.46. The topological polar surface area (TPSA) is 80.2 Å². The summed E-state index contributed by atoms with van der Waals surface area (Å²) in [5.74, 6) is -0.815. The Morgan fingerprint density at radius 1 is 1.26 bits per heavy atom. The molecule has 1 aromatic carbocycles. The predicted octanol–water partition coefficient (Wildman–Crippen LogP) is 2.09. The largest absolute Gasteiger partial charge is 0.467 e. The molecule has 0 unspecified atom stereocenters. The second kappa shape index (κ2) is 8.52. The molecule has 0 spiro atoms. The van der Waals surface area contributed by atoms with Crippen molar-refractivity contribution in [2.75, 3.05) is 25.1 Å². The van der Waals surface area contributed by atoms with Gasteiger partial charge in [0.05, 0.1) is 13.7 Å². The van der Waals surface area contributed by atoms with Crippen molar-refractivity contribution >= 4 is 17.9 Å². The summed E-state index contributed by atoms with van der Waals surface area (Å²) in [5.41, 5.74) is -0.0108. The second-order valence-corrected chi connectivity index (χ2v) is 5.95. The van der Waals surface area contributed by atoms with Crippen LogP contribution in [0, 0.1) is 11.6 Å². The number of methoxy groups -OCH3 is 1. The van der Waals surface area contributed by atoms with Crippen LogP contribution < -0.4 is 15.0 Å². The molecule has 27 heavy (non-hydrogen) atoms. The molecule has 1 aromatic heterocycles. The molecule has 0 saturated carbocycles. The van der Waals surface area contributed by atoms with Crippen LogP contribution in [0.2, 0.25) is 0 Å². The summed E-state index contributed by atoms with van der Waals surface area (Å²) in [6.07, 6.45) is 4.47. The van der Waals surface area contributed by atoms with E-state index in [1.807, 2.05) is 4.90 Å². The van der Waals surface area contributed by atoms with Crippen LogP contribution in [0.1, 0.15) is 24.2 Å². The van der Waals surface area contributed by atoms with E-state index in [0.29, 0.717) is 11.8 Å². The van der Waals surface area contributed by atoms with Gasteiger partial charge in [-0.1, -0.05) is 0 Å². The number of benzene rings is 1. The van der Waals surface area contributed by atoms with Crippen LogP contribution in [-0.2, 0) is 11.3 Å². The number of carbonyl (C=O) groups is 1. The van der Waals surface area contributed by atoms with Crippen LogP contribution in [-0.4, -0.2) is 41.1 Å². The van der Waals surface area contributed by atoms with Crippen molar-refractivity contribution in [1.29, 1.82) is 0 Å². The Hall–Kier alpha value is -3.10. The van der Waals surface area contributed by atoms with Crippen LogP contribution in [0.5, 0.6) is 6.01 Å². The average molecular weight is 375 g/mol. The first kappa shape index (κ1) is 18.7. The van der Waals surface area contributed by atoms with Gasteiger partial charge in [0, 0.05) is 24.7 Å². The van der Waals surface area contributed by atoms with E-state index in [1.54, 1.807) is 0 Å². The van der Waals surface area contributed by atoms with E-state index < -0.39 is 17.5 Å². The minimum atomic E-state index is -0.613. The molecule has 9 heteroatoms. The number of nitrogens with zero attached hydrogens (tertiary/aromatic N) is 4. The van der Waals surface area contributed by atoms with Crippen molar-refractivity contribution in [2.24, 2.45) is 0 Å². The fourth-order valence-electron chi connectivity index (χ4n) is 2.65. The lowest BCUT2D eigenvalue weighted by molar-refractivity contribution is -0.116. The summed E-state index contributed by atoms with van der Waals surface area (Å²) in [6, 6.07) is 3.20. The Labute approximate surface area is 155 Å². The van der Waals surface area contributed by atoms with Gasteiger partial charge in [-0.15, -0.1) is 0 Å². The number of halogens is 2. The summed E-state index contributed by atoms with van der Waals surface area (Å²) < 4.78 is 31.8. The molecule has 0 bridgehead atoms. The van der Waals surface area contributed by atoms with Gasteiger partial charge < -0.3 is 15.0 Å². The summed E-state index contributed by atoms with van der Waals surface area (Å²) in [5, 5.41) is 2.60. The molecule has 0 atom stereocenters. The van der Waals surface area contributed by atoms with Gasteiger partial charge in [0.15, 0.2) is 5.82 Å². The van der Waals surface area contributed by atoms with Crippen LogP contribution in [0.15, 0.2) is 24.3 Å². The van der Waals surface area contributed by atoms with Crippen LogP contribution >= 0.6 is 0 Å². The van der Waals surface area contributed by atoms with Gasteiger partial charge in [0.2, 0.25) is 11.9 Å². The van der Waals surface area contributed by atoms with Crippen molar-refractivity contribution in [2.45, 2.75) is 19.4 Å². The minimum Gasteiger partial charge on any atom is -0.467 e. The van der Waals surface area contributed by atoms with Crippen molar-refractivity contribution in [3.05, 3.63) is 47.3 Å². The Kier molecular flexibility index (Phi) is 5.90. The Morgan fingerprint density at radius 3 is 2.78 bits per heavy atom. The molecular weight excluding hydrogens is 356 g/mol. The molecule has 2 heterocycles. The molecule has 1 aliphatic rings. The van der Waals surface area contributed by atoms with Gasteiger partial charge in [-0.05, 0) is 37.1 Å². The molecule has 1 aliphatic heterocycles. The van der Waals surface area contributed by atoms with Gasteiger partial charge in [0.25, 0.3) is 0 Å². The third-order valence-corrected chi connectivity index (χ3v) is 4.01. The molecule has 142 valence electrons. The Morgan fingerprint density at radius 2 is 2.04 bits per heavy atom. The number of nitrogens with one attached hydrogen (secondary N) is 1. The van der Waals surface area contributed by atoms with E-state index in [2.05, 4.69) is 20.3 Å². The highest BCUT2D eigenvalue weighted by molar-refractivity contribution is 5.91. The van der Waals surface area contributed by atoms with Crippen LogP contribution in [0.25, 0.3) is 6.08 Å². The third kappa shape index (κ3) is 4.96. The number of hydrogen-bond donors (Lipinski definition) is 1. The fourth-order valence-corrected chi connectivity index (χ4v) is 2.65. The first-order valence-electron chi connectivity index (χ1n) is 8.50. The predicted molar refractivity (Wildman–Crippen MR) is 95.1 cm³/mol. The zero-order chi connectivity index (χ0) is 19.2. The Bertz CT molecular complexity index is 854. The highest BCUT2D eigenvalue weighted by Gasteiger charge is 2.17. The number of ether oxygens (including phenoxy) is 1. The summed E-state index contributed by atoms with van der Waals surface area (Å²) >= 11 is 0. The maximum Gasteiger partial charge on any atom is 0.321 e. The SMILES string of the molecule is COc1nc(CNC(=O)/C=C/c2cc(F)ccc2F)nc(N2CCCC2)n1. The number of anilines is 1.